The van der Waals surface area contributed by atoms with Gasteiger partial charge in [-0.25, -0.2) is 4.39 Å². The van der Waals surface area contributed by atoms with E-state index in [-0.39, 0.29) is 25.2 Å². The molecule has 2 N–H and O–H groups in total. The molecule has 0 atom stereocenters. The third kappa shape index (κ3) is 4.70. The smallest absolute Gasteiger partial charge is 0.305 e. The Morgan fingerprint density at radius 3 is 2.81 bits per heavy atom. The third-order valence-electron chi connectivity index (χ3n) is 3.70. The number of nitrogens with one attached hydrogen (secondary N) is 1. The van der Waals surface area contributed by atoms with Gasteiger partial charge in [0.1, 0.15) is 5.82 Å². The average Bonchev–Trinajstić information content (AvgIpc) is 3.26. The van der Waals surface area contributed by atoms with Crippen molar-refractivity contribution in [1.82, 2.24) is 19.6 Å². The Balaban J connectivity index is 1.63. The Morgan fingerprint density at radius 1 is 1.26 bits per heavy atom. The molecule has 0 radical (unpaired) electrons. The number of aromatic nitrogens is 4. The highest BCUT2D eigenvalue weighted by Crippen LogP contribution is 2.20. The van der Waals surface area contributed by atoms with Crippen molar-refractivity contribution in [3.8, 4) is 0 Å². The van der Waals surface area contributed by atoms with Crippen LogP contribution in [0.15, 0.2) is 42.9 Å². The van der Waals surface area contributed by atoms with Crippen molar-refractivity contribution in [2.75, 3.05) is 5.32 Å². The van der Waals surface area contributed by atoms with Gasteiger partial charge in [-0.2, -0.15) is 10.2 Å². The van der Waals surface area contributed by atoms with Crippen LogP contribution in [0.4, 0.5) is 10.1 Å². The molecule has 0 aliphatic carbocycles. The predicted octanol–water partition coefficient (Wildman–Crippen LogP) is 2.65. The second kappa shape index (κ2) is 8.00. The number of hydrogen-bond donors (Lipinski definition) is 2. The summed E-state index contributed by atoms with van der Waals surface area (Å²) in [5.41, 5.74) is 0.857. The predicted molar refractivity (Wildman–Crippen MR) is 95.2 cm³/mol. The Morgan fingerprint density at radius 2 is 2.07 bits per heavy atom. The molecule has 0 aliphatic heterocycles. The topological polar surface area (TPSA) is 102 Å². The molecule has 8 nitrogen and oxygen atoms in total. The lowest BCUT2D eigenvalue weighted by molar-refractivity contribution is -0.137. The summed E-state index contributed by atoms with van der Waals surface area (Å²) in [6.07, 6.45) is 4.41. The molecular formula is C17H15ClFN5O3. The fourth-order valence-corrected chi connectivity index (χ4v) is 2.60. The van der Waals surface area contributed by atoms with Crippen molar-refractivity contribution in [3.05, 3.63) is 65.0 Å². The van der Waals surface area contributed by atoms with Crippen LogP contribution in [0.25, 0.3) is 0 Å². The van der Waals surface area contributed by atoms with E-state index in [0.717, 1.165) is 0 Å². The summed E-state index contributed by atoms with van der Waals surface area (Å²) in [7, 11) is 0. The van der Waals surface area contributed by atoms with Crippen molar-refractivity contribution in [2.45, 2.75) is 19.5 Å². The lowest BCUT2D eigenvalue weighted by atomic mass is 10.2. The number of rotatable bonds is 7. The van der Waals surface area contributed by atoms with E-state index in [1.54, 1.807) is 12.3 Å². The van der Waals surface area contributed by atoms with Crippen molar-refractivity contribution in [2.24, 2.45) is 0 Å². The molecule has 2 heterocycles. The van der Waals surface area contributed by atoms with Crippen LogP contribution in [0.5, 0.6) is 0 Å². The van der Waals surface area contributed by atoms with Gasteiger partial charge in [-0.3, -0.25) is 19.0 Å². The van der Waals surface area contributed by atoms with E-state index < -0.39 is 17.7 Å². The van der Waals surface area contributed by atoms with Crippen LogP contribution >= 0.6 is 11.6 Å². The summed E-state index contributed by atoms with van der Waals surface area (Å²) < 4.78 is 16.7. The number of aliphatic carboxylic acids is 1. The second-order valence-electron chi connectivity index (χ2n) is 5.69. The van der Waals surface area contributed by atoms with Crippen molar-refractivity contribution in [1.29, 1.82) is 0 Å². The summed E-state index contributed by atoms with van der Waals surface area (Å²) in [5, 5.41) is 19.7. The van der Waals surface area contributed by atoms with Gasteiger partial charge in [-0.15, -0.1) is 0 Å². The van der Waals surface area contributed by atoms with Crippen LogP contribution in [0, 0.1) is 5.82 Å². The number of halogens is 2. The number of hydrogen-bond acceptors (Lipinski definition) is 4. The molecule has 27 heavy (non-hydrogen) atoms. The summed E-state index contributed by atoms with van der Waals surface area (Å²) in [6, 6.07) is 5.91. The van der Waals surface area contributed by atoms with Crippen LogP contribution in [-0.4, -0.2) is 36.5 Å². The van der Waals surface area contributed by atoms with Crippen LogP contribution in [0.3, 0.4) is 0 Å². The summed E-state index contributed by atoms with van der Waals surface area (Å²) in [4.78, 5) is 22.8. The van der Waals surface area contributed by atoms with E-state index >= 15 is 0 Å². The Kier molecular flexibility index (Phi) is 5.51. The summed E-state index contributed by atoms with van der Waals surface area (Å²) in [6.45, 7) is 0.287. The molecule has 0 unspecified atom stereocenters. The van der Waals surface area contributed by atoms with Crippen LogP contribution in [-0.2, 0) is 17.9 Å². The number of anilines is 1. The first-order valence-electron chi connectivity index (χ1n) is 7.94. The zero-order chi connectivity index (χ0) is 19.4. The fraction of sp³-hybridized carbons (Fsp3) is 0.176. The first kappa shape index (κ1) is 18.6. The molecule has 0 bridgehead atoms. The van der Waals surface area contributed by atoms with E-state index in [0.29, 0.717) is 16.3 Å². The maximum Gasteiger partial charge on any atom is 0.305 e. The number of carboxylic acid groups (broad SMARTS) is 1. The molecule has 3 rings (SSSR count). The lowest BCUT2D eigenvalue weighted by Gasteiger charge is -2.05. The Hall–Kier alpha value is -3.20. The molecule has 2 aromatic heterocycles. The van der Waals surface area contributed by atoms with E-state index in [1.807, 2.05) is 0 Å². The minimum absolute atomic E-state index is 0.0892. The highest BCUT2D eigenvalue weighted by Gasteiger charge is 2.13. The first-order valence-corrected chi connectivity index (χ1v) is 8.32. The van der Waals surface area contributed by atoms with Gasteiger partial charge < -0.3 is 10.4 Å². The maximum atomic E-state index is 13.8. The molecule has 0 fully saturated rings. The molecule has 0 aliphatic rings. The molecule has 0 saturated carbocycles. The van der Waals surface area contributed by atoms with Gasteiger partial charge in [0.15, 0.2) is 5.69 Å². The number of carbonyl (C=O) groups is 2. The molecule has 1 aromatic carbocycles. The molecule has 0 saturated heterocycles. The summed E-state index contributed by atoms with van der Waals surface area (Å²) in [5.74, 6) is -1.85. The normalized spacial score (nSPS) is 10.7. The maximum absolute atomic E-state index is 13.8. The molecular weight excluding hydrogens is 377 g/mol. The van der Waals surface area contributed by atoms with Gasteiger partial charge in [0.05, 0.1) is 31.4 Å². The van der Waals surface area contributed by atoms with E-state index in [2.05, 4.69) is 15.5 Å². The van der Waals surface area contributed by atoms with Crippen molar-refractivity contribution >= 4 is 29.2 Å². The number of carbonyl (C=O) groups excluding carboxylic acids is 1. The van der Waals surface area contributed by atoms with Gasteiger partial charge >= 0.3 is 5.97 Å². The number of carboxylic acids is 1. The second-order valence-corrected chi connectivity index (χ2v) is 6.10. The van der Waals surface area contributed by atoms with E-state index in [1.165, 1.54) is 40.0 Å². The number of benzene rings is 1. The molecule has 1 amide bonds. The molecule has 0 spiro atoms. The van der Waals surface area contributed by atoms with Gasteiger partial charge in [0.2, 0.25) is 0 Å². The fourth-order valence-electron chi connectivity index (χ4n) is 2.37. The SMILES string of the molecule is O=C(O)CCn1ccc(C(=O)Nc2cnn(Cc3c(F)cccc3Cl)c2)n1. The standard InChI is InChI=1S/C17H15ClFN5O3/c18-13-2-1-3-14(19)12(13)10-24-9-11(8-20-24)21-17(27)15-4-6-23(22-15)7-5-16(25)26/h1-4,6,8-9H,5,7,10H2,(H,21,27)(H,25,26). The minimum atomic E-state index is -0.945. The largest absolute Gasteiger partial charge is 0.481 e. The zero-order valence-electron chi connectivity index (χ0n) is 14.0. The molecule has 10 heteroatoms. The zero-order valence-corrected chi connectivity index (χ0v) is 14.7. The van der Waals surface area contributed by atoms with Crippen LogP contribution in [0.2, 0.25) is 5.02 Å². The Labute approximate surface area is 158 Å². The Bertz CT molecular complexity index is 964. The van der Waals surface area contributed by atoms with Crippen LogP contribution < -0.4 is 5.32 Å². The molecule has 140 valence electrons. The van der Waals surface area contributed by atoms with E-state index in [4.69, 9.17) is 16.7 Å². The first-order chi connectivity index (χ1) is 12.9. The van der Waals surface area contributed by atoms with Crippen molar-refractivity contribution in [3.63, 3.8) is 0 Å². The molecule has 3 aromatic rings. The average molecular weight is 392 g/mol. The monoisotopic (exact) mass is 391 g/mol. The van der Waals surface area contributed by atoms with E-state index in [9.17, 15) is 14.0 Å². The highest BCUT2D eigenvalue weighted by atomic mass is 35.5. The third-order valence-corrected chi connectivity index (χ3v) is 4.06. The number of amides is 1. The quantitative estimate of drug-likeness (QED) is 0.644. The highest BCUT2D eigenvalue weighted by molar-refractivity contribution is 6.31. The van der Waals surface area contributed by atoms with Gasteiger partial charge in [0.25, 0.3) is 5.91 Å². The van der Waals surface area contributed by atoms with Crippen molar-refractivity contribution < 1.29 is 19.1 Å². The van der Waals surface area contributed by atoms with Crippen LogP contribution in [0.1, 0.15) is 22.5 Å². The number of aryl methyl sites for hydroxylation is 1. The summed E-state index contributed by atoms with van der Waals surface area (Å²) >= 11 is 6.00. The van der Waals surface area contributed by atoms with Gasteiger partial charge in [-0.05, 0) is 18.2 Å². The van der Waals surface area contributed by atoms with Gasteiger partial charge in [-0.1, -0.05) is 17.7 Å². The van der Waals surface area contributed by atoms with Gasteiger partial charge in [0, 0.05) is 23.0 Å². The minimum Gasteiger partial charge on any atom is -0.481 e. The lowest BCUT2D eigenvalue weighted by Crippen LogP contribution is -2.13. The number of nitrogens with zero attached hydrogens (tertiary/aromatic N) is 4.